The van der Waals surface area contributed by atoms with Crippen LogP contribution in [0.5, 0.6) is 0 Å². The van der Waals surface area contributed by atoms with Crippen LogP contribution in [0.4, 0.5) is 6.01 Å². The average Bonchev–Trinajstić information content (AvgIpc) is 2.75. The summed E-state index contributed by atoms with van der Waals surface area (Å²) in [5, 5.41) is 10.0. The van der Waals surface area contributed by atoms with Crippen molar-refractivity contribution in [2.75, 3.05) is 11.6 Å². The smallest absolute Gasteiger partial charge is 0.322 e. The van der Waals surface area contributed by atoms with Crippen LogP contribution in [0.3, 0.4) is 0 Å². The second-order valence-electron chi connectivity index (χ2n) is 3.83. The lowest BCUT2D eigenvalue weighted by atomic mass is 10.1. The first kappa shape index (κ1) is 17.0. The molecule has 1 aromatic heterocycles. The second-order valence-corrected chi connectivity index (χ2v) is 5.81. The monoisotopic (exact) mass is 405 g/mol. The van der Waals surface area contributed by atoms with Crippen molar-refractivity contribution in [3.63, 3.8) is 0 Å². The van der Waals surface area contributed by atoms with Gasteiger partial charge in [-0.3, -0.25) is 10.1 Å². The molecule has 108 valence electrons. The lowest BCUT2D eigenvalue weighted by Gasteiger charge is -2.10. The third kappa shape index (κ3) is 3.51. The Morgan fingerprint density at radius 1 is 1.35 bits per heavy atom. The number of hydrogen-bond donors (Lipinski definition) is 1. The minimum absolute atomic E-state index is 0. The van der Waals surface area contributed by atoms with Crippen molar-refractivity contribution in [1.29, 1.82) is 0 Å². The van der Waals surface area contributed by atoms with Crippen LogP contribution in [0.1, 0.15) is 29.2 Å². The van der Waals surface area contributed by atoms with Gasteiger partial charge in [0.05, 0.1) is 0 Å². The molecule has 0 aliphatic heterocycles. The first-order chi connectivity index (χ1) is 9.02. The van der Waals surface area contributed by atoms with Crippen molar-refractivity contribution in [3.05, 3.63) is 32.7 Å². The number of anilines is 1. The highest BCUT2D eigenvalue weighted by Gasteiger charge is 2.16. The molecule has 7 heteroatoms. The Morgan fingerprint density at radius 2 is 2.05 bits per heavy atom. The van der Waals surface area contributed by atoms with E-state index < -0.39 is 0 Å². The summed E-state index contributed by atoms with van der Waals surface area (Å²) in [5.41, 5.74) is 1.56. The highest BCUT2D eigenvalue weighted by atomic mass is 127. The number of aryl methyl sites for hydroxylation is 1. The third-order valence-electron chi connectivity index (χ3n) is 2.55. The highest BCUT2D eigenvalue weighted by molar-refractivity contribution is 14.1. The van der Waals surface area contributed by atoms with Gasteiger partial charge in [0, 0.05) is 21.0 Å². The van der Waals surface area contributed by atoms with Crippen molar-refractivity contribution >= 4 is 46.3 Å². The Labute approximate surface area is 136 Å². The molecule has 0 aliphatic carbocycles. The van der Waals surface area contributed by atoms with Crippen LogP contribution in [-0.2, 0) is 0 Å². The van der Waals surface area contributed by atoms with Gasteiger partial charge >= 0.3 is 6.01 Å². The van der Waals surface area contributed by atoms with Crippen LogP contribution in [0.25, 0.3) is 0 Å². The normalized spacial score (nSPS) is 10.0. The number of amides is 1. The fraction of sp³-hybridized carbons (Fsp3) is 0.308. The van der Waals surface area contributed by atoms with E-state index in [0.717, 1.165) is 14.0 Å². The lowest BCUT2D eigenvalue weighted by molar-refractivity contribution is 0.102. The highest BCUT2D eigenvalue weighted by Crippen LogP contribution is 2.28. The molecule has 0 spiro atoms. The van der Waals surface area contributed by atoms with E-state index in [4.69, 9.17) is 4.42 Å². The summed E-state index contributed by atoms with van der Waals surface area (Å²) in [6, 6.07) is 3.84. The maximum atomic E-state index is 12.2. The van der Waals surface area contributed by atoms with Gasteiger partial charge in [0.25, 0.3) is 5.91 Å². The van der Waals surface area contributed by atoms with Crippen molar-refractivity contribution in [3.8, 4) is 0 Å². The average molecular weight is 405 g/mol. The van der Waals surface area contributed by atoms with E-state index in [1.165, 1.54) is 0 Å². The second kappa shape index (κ2) is 7.07. The fourth-order valence-corrected chi connectivity index (χ4v) is 3.59. The molecular formula is C13H16IN3O2S. The maximum absolute atomic E-state index is 12.2. The van der Waals surface area contributed by atoms with E-state index in [9.17, 15) is 4.79 Å². The molecule has 1 aromatic carbocycles. The summed E-state index contributed by atoms with van der Waals surface area (Å²) < 4.78 is 6.27. The number of carbonyl (C=O) groups excluding carboxylic acids is 1. The van der Waals surface area contributed by atoms with E-state index in [-0.39, 0.29) is 19.3 Å². The van der Waals surface area contributed by atoms with Gasteiger partial charge in [0.2, 0.25) is 5.89 Å². The molecule has 0 unspecified atom stereocenters. The van der Waals surface area contributed by atoms with Crippen LogP contribution < -0.4 is 5.32 Å². The van der Waals surface area contributed by atoms with Crippen molar-refractivity contribution < 1.29 is 9.21 Å². The number of halogens is 1. The Hall–Kier alpha value is -1.09. The quantitative estimate of drug-likeness (QED) is 0.620. The number of hydrogen-bond acceptors (Lipinski definition) is 5. The van der Waals surface area contributed by atoms with E-state index >= 15 is 0 Å². The molecular weight excluding hydrogens is 389 g/mol. The molecule has 0 atom stereocenters. The first-order valence-electron chi connectivity index (χ1n) is 5.47. The van der Waals surface area contributed by atoms with E-state index in [1.807, 2.05) is 19.2 Å². The van der Waals surface area contributed by atoms with Gasteiger partial charge in [0.1, 0.15) is 0 Å². The van der Waals surface area contributed by atoms with Gasteiger partial charge in [-0.1, -0.05) is 12.5 Å². The summed E-state index contributed by atoms with van der Waals surface area (Å²) >= 11 is 3.88. The van der Waals surface area contributed by atoms with Crippen LogP contribution >= 0.6 is 34.4 Å². The standard InChI is InChI=1S/C12H12IN3O2S.CH4/c1-6-8(4-5-9(13)10(6)19-3)11(17)14-12-16-15-7(2)18-12;/h4-5H,1-3H3,(H,14,16,17);1H4. The number of thioether (sulfide) groups is 1. The molecule has 0 aliphatic rings. The van der Waals surface area contributed by atoms with Gasteiger partial charge < -0.3 is 4.42 Å². The zero-order valence-corrected chi connectivity index (χ0v) is 13.6. The molecule has 1 heterocycles. The van der Waals surface area contributed by atoms with Crippen molar-refractivity contribution in [2.45, 2.75) is 26.2 Å². The van der Waals surface area contributed by atoms with Crippen molar-refractivity contribution in [1.82, 2.24) is 10.2 Å². The Morgan fingerprint density at radius 3 is 2.60 bits per heavy atom. The molecule has 1 N–H and O–H groups in total. The molecule has 2 rings (SSSR count). The van der Waals surface area contributed by atoms with Crippen LogP contribution in [0.15, 0.2) is 21.4 Å². The Bertz CT molecular complexity index is 628. The molecule has 5 nitrogen and oxygen atoms in total. The van der Waals surface area contributed by atoms with E-state index in [2.05, 4.69) is 38.1 Å². The largest absolute Gasteiger partial charge is 0.408 e. The molecule has 2 aromatic rings. The molecule has 0 saturated carbocycles. The topological polar surface area (TPSA) is 68.0 Å². The Balaban J connectivity index is 0.00000200. The number of carbonyl (C=O) groups is 1. The first-order valence-corrected chi connectivity index (χ1v) is 7.78. The summed E-state index contributed by atoms with van der Waals surface area (Å²) in [6.07, 6.45) is 1.99. The van der Waals surface area contributed by atoms with Crippen molar-refractivity contribution in [2.24, 2.45) is 0 Å². The zero-order valence-electron chi connectivity index (χ0n) is 10.7. The van der Waals surface area contributed by atoms with E-state index in [1.54, 1.807) is 24.8 Å². The molecule has 20 heavy (non-hydrogen) atoms. The van der Waals surface area contributed by atoms with Gasteiger partial charge in [-0.25, -0.2) is 0 Å². The van der Waals surface area contributed by atoms with Gasteiger partial charge in [-0.05, 0) is 53.5 Å². The summed E-state index contributed by atoms with van der Waals surface area (Å²) in [7, 11) is 0. The number of nitrogens with one attached hydrogen (secondary N) is 1. The van der Waals surface area contributed by atoms with Crippen LogP contribution in [0, 0.1) is 17.4 Å². The fourth-order valence-electron chi connectivity index (χ4n) is 1.67. The summed E-state index contributed by atoms with van der Waals surface area (Å²) in [4.78, 5) is 13.3. The lowest BCUT2D eigenvalue weighted by Crippen LogP contribution is -2.14. The number of rotatable bonds is 3. The minimum Gasteiger partial charge on any atom is -0.408 e. The molecule has 0 bridgehead atoms. The number of nitrogens with zero attached hydrogens (tertiary/aromatic N) is 2. The molecule has 0 radical (unpaired) electrons. The van der Waals surface area contributed by atoms with E-state index in [0.29, 0.717) is 11.5 Å². The Kier molecular flexibility index (Phi) is 6.00. The molecule has 0 fully saturated rings. The van der Waals surface area contributed by atoms with Crippen LogP contribution in [-0.4, -0.2) is 22.4 Å². The summed E-state index contributed by atoms with van der Waals surface area (Å²) in [5.74, 6) is 0.173. The SMILES string of the molecule is C.CSc1c(I)ccc(C(=O)Nc2nnc(C)o2)c1C. The summed E-state index contributed by atoms with van der Waals surface area (Å²) in [6.45, 7) is 3.60. The third-order valence-corrected chi connectivity index (χ3v) is 4.75. The predicted octanol–water partition coefficient (Wildman–Crippen LogP) is 3.90. The predicted molar refractivity (Wildman–Crippen MR) is 89.4 cm³/mol. The van der Waals surface area contributed by atoms with Gasteiger partial charge in [0.15, 0.2) is 0 Å². The zero-order chi connectivity index (χ0) is 14.0. The number of aromatic nitrogens is 2. The van der Waals surface area contributed by atoms with Gasteiger partial charge in [-0.15, -0.1) is 16.9 Å². The molecule has 1 amide bonds. The number of benzene rings is 1. The van der Waals surface area contributed by atoms with Crippen LogP contribution in [0.2, 0.25) is 0 Å². The minimum atomic E-state index is -0.243. The van der Waals surface area contributed by atoms with Gasteiger partial charge in [-0.2, -0.15) is 0 Å². The molecule has 0 saturated heterocycles. The maximum Gasteiger partial charge on any atom is 0.322 e.